The maximum Gasteiger partial charge on any atom is 0.180 e. The predicted molar refractivity (Wildman–Crippen MR) is 71.5 cm³/mol. The summed E-state index contributed by atoms with van der Waals surface area (Å²) >= 11 is 3.25. The van der Waals surface area contributed by atoms with E-state index in [1.807, 2.05) is 5.55 Å². The zero-order valence-electron chi connectivity index (χ0n) is 9.55. The highest BCUT2D eigenvalue weighted by Gasteiger charge is 2.47. The highest BCUT2D eigenvalue weighted by molar-refractivity contribution is 8.12. The Labute approximate surface area is 109 Å². The molecule has 2 N–H and O–H groups in total. The number of anilines is 1. The van der Waals surface area contributed by atoms with Crippen LogP contribution in [0.25, 0.3) is 0 Å². The summed E-state index contributed by atoms with van der Waals surface area (Å²) in [6.07, 6.45) is 4.37. The minimum Gasteiger partial charge on any atom is -0.376 e. The van der Waals surface area contributed by atoms with E-state index in [4.69, 9.17) is 15.5 Å². The normalized spacial score (nSPS) is 36.8. The van der Waals surface area contributed by atoms with Crippen LogP contribution < -0.4 is 5.73 Å². The maximum atomic E-state index is 5.81. The molecule has 0 spiro atoms. The Kier molecular flexibility index (Phi) is 2.88. The number of rotatable bonds is 1. The number of ether oxygens (including phenoxy) is 1. The van der Waals surface area contributed by atoms with Crippen LogP contribution in [0.2, 0.25) is 0 Å². The molecule has 17 heavy (non-hydrogen) atoms. The van der Waals surface area contributed by atoms with Crippen LogP contribution in [0.4, 0.5) is 5.13 Å². The van der Waals surface area contributed by atoms with E-state index in [0.29, 0.717) is 23.8 Å². The Morgan fingerprint density at radius 2 is 2.53 bits per heavy atom. The molecule has 0 aromatic carbocycles. The van der Waals surface area contributed by atoms with Gasteiger partial charge < -0.3 is 10.5 Å². The summed E-state index contributed by atoms with van der Waals surface area (Å²) in [6.45, 7) is 2.74. The molecular formula is C11H14N3OS2. The largest absolute Gasteiger partial charge is 0.376 e. The van der Waals surface area contributed by atoms with Crippen molar-refractivity contribution in [3.63, 3.8) is 0 Å². The molecule has 3 atom stereocenters. The van der Waals surface area contributed by atoms with Gasteiger partial charge >= 0.3 is 0 Å². The second-order valence-corrected chi connectivity index (χ2v) is 6.45. The van der Waals surface area contributed by atoms with Crippen molar-refractivity contribution in [1.29, 1.82) is 0 Å². The van der Waals surface area contributed by atoms with Gasteiger partial charge in [0.05, 0.1) is 23.1 Å². The van der Waals surface area contributed by atoms with Gasteiger partial charge in [-0.1, -0.05) is 11.3 Å². The molecule has 3 unspecified atom stereocenters. The van der Waals surface area contributed by atoms with Crippen molar-refractivity contribution >= 4 is 33.8 Å². The lowest BCUT2D eigenvalue weighted by atomic mass is 9.79. The molecule has 0 saturated carbocycles. The summed E-state index contributed by atoms with van der Waals surface area (Å²) in [7, 11) is 0. The van der Waals surface area contributed by atoms with Gasteiger partial charge in [0.15, 0.2) is 5.13 Å². The number of fused-ring (bicyclic) bond motifs is 1. The van der Waals surface area contributed by atoms with Crippen LogP contribution in [-0.2, 0) is 10.3 Å². The van der Waals surface area contributed by atoms with Crippen molar-refractivity contribution in [1.82, 2.24) is 4.98 Å². The number of nitrogens with zero attached hydrogens (tertiary/aromatic N) is 2. The van der Waals surface area contributed by atoms with E-state index in [-0.39, 0.29) is 5.54 Å². The number of thiazole rings is 1. The summed E-state index contributed by atoms with van der Waals surface area (Å²) in [6, 6.07) is 0. The van der Waals surface area contributed by atoms with Gasteiger partial charge in [0.1, 0.15) is 11.7 Å². The topological polar surface area (TPSA) is 60.5 Å². The minimum absolute atomic E-state index is 0.285. The maximum absolute atomic E-state index is 5.81. The first-order valence-corrected chi connectivity index (χ1v) is 7.48. The van der Waals surface area contributed by atoms with Crippen LogP contribution in [0.5, 0.6) is 0 Å². The van der Waals surface area contributed by atoms with Crippen LogP contribution in [0.15, 0.2) is 4.99 Å². The first kappa shape index (κ1) is 11.5. The highest BCUT2D eigenvalue weighted by Crippen LogP contribution is 2.46. The Bertz CT molecular complexity index is 448. The second-order valence-electron chi connectivity index (χ2n) is 4.54. The Morgan fingerprint density at radius 1 is 1.65 bits per heavy atom. The number of nitrogens with two attached hydrogens (primary N) is 1. The van der Waals surface area contributed by atoms with Crippen molar-refractivity contribution in [3.05, 3.63) is 11.1 Å². The lowest BCUT2D eigenvalue weighted by Crippen LogP contribution is -2.47. The quantitative estimate of drug-likeness (QED) is 0.845. The van der Waals surface area contributed by atoms with Gasteiger partial charge in [0, 0.05) is 11.7 Å². The number of hydrogen-bond donors (Lipinski definition) is 1. The third kappa shape index (κ3) is 1.88. The molecule has 2 aliphatic heterocycles. The van der Waals surface area contributed by atoms with Crippen molar-refractivity contribution in [2.75, 3.05) is 18.1 Å². The third-order valence-corrected chi connectivity index (χ3v) is 5.20. The fourth-order valence-corrected chi connectivity index (χ4v) is 4.28. The van der Waals surface area contributed by atoms with E-state index in [1.165, 1.54) is 11.3 Å². The van der Waals surface area contributed by atoms with Crippen LogP contribution >= 0.6 is 23.1 Å². The molecule has 2 aliphatic rings. The van der Waals surface area contributed by atoms with Gasteiger partial charge in [-0.25, -0.2) is 4.98 Å². The SMILES string of the molecule is CC1CC2CSC=NC2(c2[c]nc(N)s2)CO1. The molecule has 3 rings (SSSR count). The van der Waals surface area contributed by atoms with Crippen LogP contribution in [0.3, 0.4) is 0 Å². The molecule has 1 saturated heterocycles. The van der Waals surface area contributed by atoms with Crippen molar-refractivity contribution in [3.8, 4) is 0 Å². The van der Waals surface area contributed by atoms with Gasteiger partial charge in [-0.3, -0.25) is 4.99 Å². The van der Waals surface area contributed by atoms with Crippen molar-refractivity contribution in [2.24, 2.45) is 10.9 Å². The fraction of sp³-hybridized carbons (Fsp3) is 0.636. The third-order valence-electron chi connectivity index (χ3n) is 3.40. The number of thioether (sulfide) groups is 1. The summed E-state index contributed by atoms with van der Waals surface area (Å²) in [5, 5.41) is 0.556. The van der Waals surface area contributed by atoms with Gasteiger partial charge in [-0.05, 0) is 13.3 Å². The molecule has 0 bridgehead atoms. The van der Waals surface area contributed by atoms with E-state index in [2.05, 4.69) is 18.1 Å². The molecule has 3 heterocycles. The average molecular weight is 268 g/mol. The molecule has 0 amide bonds. The Morgan fingerprint density at radius 3 is 3.29 bits per heavy atom. The molecule has 1 aromatic rings. The molecule has 4 nitrogen and oxygen atoms in total. The fourth-order valence-electron chi connectivity index (χ4n) is 2.44. The summed E-state index contributed by atoms with van der Waals surface area (Å²) < 4.78 is 5.81. The van der Waals surface area contributed by atoms with E-state index in [1.54, 1.807) is 11.8 Å². The highest BCUT2D eigenvalue weighted by atomic mass is 32.2. The lowest BCUT2D eigenvalue weighted by Gasteiger charge is -2.43. The Balaban J connectivity index is 2.01. The van der Waals surface area contributed by atoms with E-state index < -0.39 is 0 Å². The smallest absolute Gasteiger partial charge is 0.180 e. The first-order valence-electron chi connectivity index (χ1n) is 5.62. The molecule has 6 heteroatoms. The number of aromatic nitrogens is 1. The van der Waals surface area contributed by atoms with Gasteiger partial charge in [-0.2, -0.15) is 0 Å². The average Bonchev–Trinajstić information content (AvgIpc) is 2.76. The van der Waals surface area contributed by atoms with Gasteiger partial charge in [0.2, 0.25) is 0 Å². The number of hydrogen-bond acceptors (Lipinski definition) is 6. The van der Waals surface area contributed by atoms with E-state index in [0.717, 1.165) is 17.1 Å². The van der Waals surface area contributed by atoms with Crippen LogP contribution in [0, 0.1) is 12.1 Å². The predicted octanol–water partition coefficient (Wildman–Crippen LogP) is 1.92. The van der Waals surface area contributed by atoms with Crippen molar-refractivity contribution in [2.45, 2.75) is 25.0 Å². The molecule has 1 fully saturated rings. The summed E-state index contributed by atoms with van der Waals surface area (Å²) in [5.74, 6) is 1.58. The molecular weight excluding hydrogens is 254 g/mol. The molecule has 91 valence electrons. The van der Waals surface area contributed by atoms with Crippen LogP contribution in [0.1, 0.15) is 18.2 Å². The number of aliphatic imine (C=N–C) groups is 1. The standard InChI is InChI=1S/C11H14N3OS2/c1-7-2-8-4-16-6-14-11(8,5-15-7)9-3-13-10(12)17-9/h6-8H,2,4-5H2,1H3,(H2,12,13). The zero-order valence-corrected chi connectivity index (χ0v) is 11.2. The molecule has 1 aromatic heterocycles. The summed E-state index contributed by atoms with van der Waals surface area (Å²) in [4.78, 5) is 9.75. The monoisotopic (exact) mass is 268 g/mol. The second kappa shape index (κ2) is 4.26. The van der Waals surface area contributed by atoms with E-state index >= 15 is 0 Å². The first-order chi connectivity index (χ1) is 8.21. The van der Waals surface area contributed by atoms with Gasteiger partial charge in [-0.15, -0.1) is 11.8 Å². The Hall–Kier alpha value is -0.590. The van der Waals surface area contributed by atoms with E-state index in [9.17, 15) is 0 Å². The lowest BCUT2D eigenvalue weighted by molar-refractivity contribution is -0.0452. The number of nitrogen functional groups attached to an aromatic ring is 1. The summed E-state index contributed by atoms with van der Waals surface area (Å²) in [5.41, 5.74) is 7.35. The zero-order chi connectivity index (χ0) is 11.9. The molecule has 1 radical (unpaired) electrons. The minimum atomic E-state index is -0.285. The van der Waals surface area contributed by atoms with Gasteiger partial charge in [0.25, 0.3) is 0 Å². The van der Waals surface area contributed by atoms with Crippen LogP contribution in [-0.4, -0.2) is 29.0 Å². The molecule has 0 aliphatic carbocycles. The van der Waals surface area contributed by atoms with Crippen molar-refractivity contribution < 1.29 is 4.74 Å².